The maximum atomic E-state index is 14.7. The molecule has 0 fully saturated rings. The summed E-state index contributed by atoms with van der Waals surface area (Å²) in [5, 5.41) is 0. The van der Waals surface area contributed by atoms with Gasteiger partial charge in [-0.2, -0.15) is 0 Å². The Kier molecular flexibility index (Phi) is 5.48. The van der Waals surface area contributed by atoms with Gasteiger partial charge in [-0.1, -0.05) is 0 Å². The van der Waals surface area contributed by atoms with E-state index >= 15 is 0 Å². The Bertz CT molecular complexity index is 1130. The van der Waals surface area contributed by atoms with Gasteiger partial charge in [0, 0.05) is 24.4 Å². The highest BCUT2D eigenvalue weighted by molar-refractivity contribution is 7.93. The van der Waals surface area contributed by atoms with E-state index in [0.29, 0.717) is 5.82 Å². The van der Waals surface area contributed by atoms with Gasteiger partial charge in [-0.15, -0.1) is 0 Å². The van der Waals surface area contributed by atoms with Crippen LogP contribution in [0.5, 0.6) is 0 Å². The number of hydrogen-bond donors (Lipinski definition) is 1. The van der Waals surface area contributed by atoms with Gasteiger partial charge in [-0.25, -0.2) is 27.2 Å². The lowest BCUT2D eigenvalue weighted by molar-refractivity contribution is -0.117. The van der Waals surface area contributed by atoms with E-state index in [9.17, 15) is 22.0 Å². The summed E-state index contributed by atoms with van der Waals surface area (Å²) in [5.41, 5.74) is 4.20. The first-order valence-electron chi connectivity index (χ1n) is 9.20. The van der Waals surface area contributed by atoms with Crippen molar-refractivity contribution in [2.45, 2.75) is 43.9 Å². The third-order valence-electron chi connectivity index (χ3n) is 5.28. The number of Topliss-reactive ketones (excluding diaryl/α,β-unsaturated/α-hetero) is 1. The van der Waals surface area contributed by atoms with Crippen LogP contribution in [0.25, 0.3) is 0 Å². The number of carbonyl (C=O) groups excluding carboxylic acids is 1. The van der Waals surface area contributed by atoms with Gasteiger partial charge in [0.1, 0.15) is 27.7 Å². The molecule has 0 saturated carbocycles. The predicted octanol–water partition coefficient (Wildman–Crippen LogP) is 1.89. The summed E-state index contributed by atoms with van der Waals surface area (Å²) in [4.78, 5) is 24.5. The number of halogens is 2. The Morgan fingerprint density at radius 2 is 1.77 bits per heavy atom. The van der Waals surface area contributed by atoms with Crippen LogP contribution in [-0.4, -0.2) is 40.5 Å². The Morgan fingerprint density at radius 1 is 1.13 bits per heavy atom. The van der Waals surface area contributed by atoms with Gasteiger partial charge in [-0.05, 0) is 44.5 Å². The smallest absolute Gasteiger partial charge is 0.165 e. The number of rotatable bonds is 5. The summed E-state index contributed by atoms with van der Waals surface area (Å²) in [6.45, 7) is 4.21. The number of nitrogens with zero attached hydrogens (tertiary/aromatic N) is 3. The number of nitrogens with two attached hydrogens (primary N) is 1. The SMILES string of the molecule is CC1(C)C(N)=N[C@](C)(c2cc(CC(=O)Cc3ncccn3)cc(F)c2F)CS1(=O)=O. The molecule has 3 rings (SSSR count). The van der Waals surface area contributed by atoms with Gasteiger partial charge < -0.3 is 5.73 Å². The molecule has 7 nitrogen and oxygen atoms in total. The molecule has 0 aliphatic carbocycles. The monoisotopic (exact) mass is 436 g/mol. The minimum Gasteiger partial charge on any atom is -0.386 e. The average molecular weight is 436 g/mol. The Hall–Kier alpha value is -2.75. The number of amidine groups is 1. The molecule has 1 aromatic carbocycles. The van der Waals surface area contributed by atoms with E-state index in [0.717, 1.165) is 6.07 Å². The number of sulfone groups is 1. The molecule has 2 N–H and O–H groups in total. The van der Waals surface area contributed by atoms with Crippen molar-refractivity contribution in [2.75, 3.05) is 5.75 Å². The van der Waals surface area contributed by atoms with Crippen LogP contribution in [0.2, 0.25) is 0 Å². The first-order chi connectivity index (χ1) is 13.9. The standard InChI is InChI=1S/C20H22F2N4O3S/c1-19(2)18(23)26-20(3,11-30(19,28)29)14-8-12(9-15(21)17(14)22)7-13(27)10-16-24-5-4-6-25-16/h4-6,8-9H,7,10-11H2,1-3H3,(H2,23,26)/t20-/m0/s1. The van der Waals surface area contributed by atoms with E-state index in [2.05, 4.69) is 15.0 Å². The fraction of sp³-hybridized carbons (Fsp3) is 0.400. The fourth-order valence-corrected chi connectivity index (χ4v) is 4.99. The summed E-state index contributed by atoms with van der Waals surface area (Å²) >= 11 is 0. The van der Waals surface area contributed by atoms with Crippen molar-refractivity contribution in [3.8, 4) is 0 Å². The zero-order valence-corrected chi connectivity index (χ0v) is 17.6. The van der Waals surface area contributed by atoms with Crippen molar-refractivity contribution >= 4 is 21.5 Å². The van der Waals surface area contributed by atoms with Crippen LogP contribution in [0.3, 0.4) is 0 Å². The number of carbonyl (C=O) groups is 1. The second kappa shape index (κ2) is 7.50. The highest BCUT2D eigenvalue weighted by Crippen LogP contribution is 2.38. The molecule has 0 spiro atoms. The second-order valence-electron chi connectivity index (χ2n) is 8.04. The van der Waals surface area contributed by atoms with Crippen molar-refractivity contribution in [2.24, 2.45) is 10.7 Å². The minimum atomic E-state index is -3.80. The lowest BCUT2D eigenvalue weighted by Gasteiger charge is -2.38. The lowest BCUT2D eigenvalue weighted by Crippen LogP contribution is -2.55. The summed E-state index contributed by atoms with van der Waals surface area (Å²) < 4.78 is 53.1. The van der Waals surface area contributed by atoms with Gasteiger partial charge in [0.25, 0.3) is 0 Å². The van der Waals surface area contributed by atoms with E-state index < -0.39 is 37.5 Å². The zero-order chi connectivity index (χ0) is 22.3. The normalized spacial score (nSPS) is 22.4. The molecule has 1 aliphatic heterocycles. The van der Waals surface area contributed by atoms with Crippen LogP contribution in [0.1, 0.15) is 37.7 Å². The Labute approximate surface area is 173 Å². The van der Waals surface area contributed by atoms with Gasteiger partial charge in [0.05, 0.1) is 12.2 Å². The van der Waals surface area contributed by atoms with Gasteiger partial charge in [0.15, 0.2) is 21.5 Å². The second-order valence-corrected chi connectivity index (χ2v) is 10.6. The molecule has 0 radical (unpaired) electrons. The number of aromatic nitrogens is 2. The molecule has 2 heterocycles. The van der Waals surface area contributed by atoms with Crippen LogP contribution in [-0.2, 0) is 33.0 Å². The quantitative estimate of drug-likeness (QED) is 0.765. The molecule has 30 heavy (non-hydrogen) atoms. The van der Waals surface area contributed by atoms with Gasteiger partial charge in [0.2, 0.25) is 0 Å². The maximum Gasteiger partial charge on any atom is 0.165 e. The fourth-order valence-electron chi connectivity index (χ4n) is 3.31. The number of ketones is 1. The van der Waals surface area contributed by atoms with Crippen LogP contribution in [0, 0.1) is 11.6 Å². The van der Waals surface area contributed by atoms with Crippen LogP contribution in [0.15, 0.2) is 35.6 Å². The summed E-state index contributed by atoms with van der Waals surface area (Å²) in [5.74, 6) is -3.12. The van der Waals surface area contributed by atoms with Crippen molar-refractivity contribution in [1.29, 1.82) is 0 Å². The first-order valence-corrected chi connectivity index (χ1v) is 10.8. The largest absolute Gasteiger partial charge is 0.386 e. The summed E-state index contributed by atoms with van der Waals surface area (Å²) in [6, 6.07) is 3.80. The molecule has 1 atom stereocenters. The molecular formula is C20H22F2N4O3S. The van der Waals surface area contributed by atoms with Crippen LogP contribution >= 0.6 is 0 Å². The molecule has 160 valence electrons. The third kappa shape index (κ3) is 3.96. The number of aliphatic imine (C=N–C) groups is 1. The molecule has 0 amide bonds. The van der Waals surface area contributed by atoms with Gasteiger partial charge in [-0.3, -0.25) is 9.79 Å². The molecule has 10 heteroatoms. The molecule has 1 aromatic heterocycles. The highest BCUT2D eigenvalue weighted by atomic mass is 32.2. The predicted molar refractivity (Wildman–Crippen MR) is 108 cm³/mol. The number of hydrogen-bond acceptors (Lipinski definition) is 7. The minimum absolute atomic E-state index is 0.0693. The molecule has 1 aliphatic rings. The lowest BCUT2D eigenvalue weighted by atomic mass is 9.90. The Balaban J connectivity index is 1.98. The summed E-state index contributed by atoms with van der Waals surface area (Å²) in [7, 11) is -3.80. The van der Waals surface area contributed by atoms with E-state index in [1.807, 2.05) is 0 Å². The summed E-state index contributed by atoms with van der Waals surface area (Å²) in [6.07, 6.45) is 2.73. The molecular weight excluding hydrogens is 414 g/mol. The van der Waals surface area contributed by atoms with E-state index in [1.54, 1.807) is 6.07 Å². The zero-order valence-electron chi connectivity index (χ0n) is 16.8. The first kappa shape index (κ1) is 21.9. The van der Waals surface area contributed by atoms with Crippen LogP contribution in [0.4, 0.5) is 8.78 Å². The van der Waals surface area contributed by atoms with E-state index in [1.165, 1.54) is 39.2 Å². The average Bonchev–Trinajstić information content (AvgIpc) is 2.63. The highest BCUT2D eigenvalue weighted by Gasteiger charge is 2.49. The van der Waals surface area contributed by atoms with Gasteiger partial charge >= 0.3 is 0 Å². The van der Waals surface area contributed by atoms with Crippen molar-refractivity contribution in [1.82, 2.24) is 9.97 Å². The third-order valence-corrected chi connectivity index (χ3v) is 7.98. The van der Waals surface area contributed by atoms with E-state index in [-0.39, 0.29) is 35.6 Å². The number of benzene rings is 1. The molecule has 0 saturated heterocycles. The molecule has 2 aromatic rings. The Morgan fingerprint density at radius 3 is 2.37 bits per heavy atom. The van der Waals surface area contributed by atoms with E-state index in [4.69, 9.17) is 5.73 Å². The topological polar surface area (TPSA) is 115 Å². The molecule has 0 unspecified atom stereocenters. The van der Waals surface area contributed by atoms with Crippen molar-refractivity contribution in [3.05, 3.63) is 59.2 Å². The molecule has 0 bridgehead atoms. The van der Waals surface area contributed by atoms with Crippen molar-refractivity contribution in [3.63, 3.8) is 0 Å². The van der Waals surface area contributed by atoms with Crippen molar-refractivity contribution < 1.29 is 22.0 Å². The van der Waals surface area contributed by atoms with Crippen LogP contribution < -0.4 is 5.73 Å². The maximum absolute atomic E-state index is 14.7.